The second kappa shape index (κ2) is 18.7. The second-order valence-corrected chi connectivity index (χ2v) is 11.2. The molecule has 1 aromatic carbocycles. The van der Waals surface area contributed by atoms with Crippen molar-refractivity contribution in [2.75, 3.05) is 25.1 Å². The SMILES string of the molecule is CSCCC(NC(=O)C(N)CCCN=C(N)N)C(=O)NC(CCCCN)C(=O)NC(Cc1c[nH]c2ccccc12)C(=O)O. The number of aliphatic carboxylic acids is 1. The van der Waals surface area contributed by atoms with E-state index in [2.05, 4.69) is 25.9 Å². The van der Waals surface area contributed by atoms with E-state index in [-0.39, 0.29) is 18.8 Å². The number of hydrogen-bond donors (Lipinski definition) is 9. The van der Waals surface area contributed by atoms with Crippen molar-refractivity contribution in [1.29, 1.82) is 0 Å². The van der Waals surface area contributed by atoms with Gasteiger partial charge in [0.05, 0.1) is 6.04 Å². The molecule has 0 aliphatic heterocycles. The van der Waals surface area contributed by atoms with Crippen LogP contribution in [-0.4, -0.2) is 89.0 Å². The summed E-state index contributed by atoms with van der Waals surface area (Å²) in [5.41, 5.74) is 23.9. The van der Waals surface area contributed by atoms with Gasteiger partial charge in [-0.25, -0.2) is 4.79 Å². The summed E-state index contributed by atoms with van der Waals surface area (Å²) in [5, 5.41) is 18.8. The predicted molar refractivity (Wildman–Crippen MR) is 169 cm³/mol. The normalized spacial score (nSPS) is 13.8. The molecule has 0 aliphatic rings. The van der Waals surface area contributed by atoms with Crippen LogP contribution in [0.5, 0.6) is 0 Å². The Kier molecular flexibility index (Phi) is 15.4. The number of guanidine groups is 1. The van der Waals surface area contributed by atoms with Gasteiger partial charge in [-0.15, -0.1) is 0 Å². The first-order valence-electron chi connectivity index (χ1n) is 14.3. The fraction of sp³-hybridized carbons (Fsp3) is 0.536. The molecule has 238 valence electrons. The first-order chi connectivity index (χ1) is 20.6. The molecular formula is C28H45N9O5S. The summed E-state index contributed by atoms with van der Waals surface area (Å²) in [5.74, 6) is -2.40. The average Bonchev–Trinajstić information content (AvgIpc) is 3.38. The summed E-state index contributed by atoms with van der Waals surface area (Å²) >= 11 is 1.50. The van der Waals surface area contributed by atoms with Crippen LogP contribution in [0.3, 0.4) is 0 Å². The first kappa shape index (κ1) is 35.4. The number of amides is 3. The van der Waals surface area contributed by atoms with E-state index < -0.39 is 47.9 Å². The smallest absolute Gasteiger partial charge is 0.326 e. The molecule has 43 heavy (non-hydrogen) atoms. The topological polar surface area (TPSA) is 257 Å². The lowest BCUT2D eigenvalue weighted by Crippen LogP contribution is -2.57. The maximum absolute atomic E-state index is 13.4. The Labute approximate surface area is 255 Å². The molecule has 14 nitrogen and oxygen atoms in total. The minimum Gasteiger partial charge on any atom is -0.480 e. The Bertz CT molecular complexity index is 1230. The van der Waals surface area contributed by atoms with Crippen molar-refractivity contribution in [1.82, 2.24) is 20.9 Å². The zero-order valence-electron chi connectivity index (χ0n) is 24.5. The number of hydrogen-bond acceptors (Lipinski definition) is 8. The molecule has 0 bridgehead atoms. The van der Waals surface area contributed by atoms with Crippen molar-refractivity contribution in [2.24, 2.45) is 27.9 Å². The van der Waals surface area contributed by atoms with E-state index in [0.717, 1.165) is 16.5 Å². The van der Waals surface area contributed by atoms with Gasteiger partial charge in [0.1, 0.15) is 18.1 Å². The highest BCUT2D eigenvalue weighted by Gasteiger charge is 2.30. The van der Waals surface area contributed by atoms with Crippen molar-refractivity contribution in [3.05, 3.63) is 36.0 Å². The van der Waals surface area contributed by atoms with Crippen LogP contribution in [0.1, 0.15) is 44.1 Å². The van der Waals surface area contributed by atoms with E-state index in [0.29, 0.717) is 50.9 Å². The number of para-hydroxylation sites is 1. The zero-order chi connectivity index (χ0) is 31.8. The second-order valence-electron chi connectivity index (χ2n) is 10.2. The van der Waals surface area contributed by atoms with Gasteiger partial charge in [0.2, 0.25) is 17.7 Å². The highest BCUT2D eigenvalue weighted by Crippen LogP contribution is 2.19. The number of carboxylic acids is 1. The lowest BCUT2D eigenvalue weighted by Gasteiger charge is -2.25. The van der Waals surface area contributed by atoms with E-state index in [1.54, 1.807) is 6.20 Å². The van der Waals surface area contributed by atoms with Gasteiger partial charge in [-0.05, 0) is 68.7 Å². The number of aromatic amines is 1. The molecule has 1 aromatic heterocycles. The van der Waals surface area contributed by atoms with Crippen molar-refractivity contribution in [2.45, 2.75) is 69.1 Å². The maximum Gasteiger partial charge on any atom is 0.326 e. The van der Waals surface area contributed by atoms with Crippen molar-refractivity contribution in [3.8, 4) is 0 Å². The number of rotatable bonds is 20. The number of carboxylic acid groups (broad SMARTS) is 1. The van der Waals surface area contributed by atoms with Gasteiger partial charge in [0, 0.05) is 30.1 Å². The van der Waals surface area contributed by atoms with Crippen molar-refractivity contribution < 1.29 is 24.3 Å². The Balaban J connectivity index is 2.12. The Morgan fingerprint density at radius 2 is 1.58 bits per heavy atom. The van der Waals surface area contributed by atoms with Crippen LogP contribution in [-0.2, 0) is 25.6 Å². The van der Waals surface area contributed by atoms with Gasteiger partial charge < -0.3 is 49.0 Å². The Morgan fingerprint density at radius 1 is 0.930 bits per heavy atom. The number of aromatic nitrogens is 1. The summed E-state index contributed by atoms with van der Waals surface area (Å²) in [6.07, 6.45) is 6.08. The van der Waals surface area contributed by atoms with Gasteiger partial charge >= 0.3 is 5.97 Å². The number of fused-ring (bicyclic) bond motifs is 1. The zero-order valence-corrected chi connectivity index (χ0v) is 25.3. The molecule has 0 spiro atoms. The molecular weight excluding hydrogens is 574 g/mol. The third kappa shape index (κ3) is 12.1. The average molecular weight is 620 g/mol. The van der Waals surface area contributed by atoms with Crippen LogP contribution in [0.4, 0.5) is 0 Å². The van der Waals surface area contributed by atoms with E-state index in [1.165, 1.54) is 11.8 Å². The number of carbonyl (C=O) groups excluding carboxylic acids is 3. The highest BCUT2D eigenvalue weighted by molar-refractivity contribution is 7.98. The number of nitrogens with two attached hydrogens (primary N) is 4. The third-order valence-electron chi connectivity index (χ3n) is 6.84. The van der Waals surface area contributed by atoms with E-state index in [4.69, 9.17) is 22.9 Å². The molecule has 4 atom stereocenters. The summed E-state index contributed by atoms with van der Waals surface area (Å²) < 4.78 is 0. The van der Waals surface area contributed by atoms with Gasteiger partial charge in [-0.1, -0.05) is 18.2 Å². The number of carbonyl (C=O) groups is 4. The summed E-state index contributed by atoms with van der Waals surface area (Å²) in [6, 6.07) is 3.36. The minimum absolute atomic E-state index is 0.0437. The summed E-state index contributed by atoms with van der Waals surface area (Å²) in [4.78, 5) is 58.6. The molecule has 2 aromatic rings. The van der Waals surface area contributed by atoms with Gasteiger partial charge in [-0.3, -0.25) is 19.4 Å². The minimum atomic E-state index is -1.23. The summed E-state index contributed by atoms with van der Waals surface area (Å²) in [6.45, 7) is 0.713. The largest absolute Gasteiger partial charge is 0.480 e. The number of benzene rings is 1. The van der Waals surface area contributed by atoms with E-state index in [1.807, 2.05) is 30.5 Å². The number of thioether (sulfide) groups is 1. The lowest BCUT2D eigenvalue weighted by atomic mass is 10.0. The van der Waals surface area contributed by atoms with E-state index >= 15 is 0 Å². The molecule has 15 heteroatoms. The third-order valence-corrected chi connectivity index (χ3v) is 7.49. The van der Waals surface area contributed by atoms with Crippen LogP contribution < -0.4 is 38.9 Å². The first-order valence-corrected chi connectivity index (χ1v) is 15.7. The predicted octanol–water partition coefficient (Wildman–Crippen LogP) is -0.488. The number of H-pyrrole nitrogens is 1. The maximum atomic E-state index is 13.4. The van der Waals surface area contributed by atoms with Gasteiger partial charge in [0.25, 0.3) is 0 Å². The monoisotopic (exact) mass is 619 g/mol. The number of nitrogens with zero attached hydrogens (tertiary/aromatic N) is 1. The molecule has 0 fully saturated rings. The molecule has 1 heterocycles. The Morgan fingerprint density at radius 3 is 2.23 bits per heavy atom. The molecule has 13 N–H and O–H groups in total. The fourth-order valence-corrected chi connectivity index (χ4v) is 4.93. The molecule has 0 saturated heterocycles. The molecule has 0 aliphatic carbocycles. The van der Waals surface area contributed by atoms with E-state index in [9.17, 15) is 24.3 Å². The van der Waals surface area contributed by atoms with Crippen LogP contribution in [0.2, 0.25) is 0 Å². The number of aliphatic imine (C=N–C) groups is 1. The fourth-order valence-electron chi connectivity index (χ4n) is 4.46. The van der Waals surface area contributed by atoms with Crippen LogP contribution in [0, 0.1) is 0 Å². The Hall–Kier alpha value is -3.82. The number of nitrogens with one attached hydrogen (secondary N) is 4. The molecule has 2 rings (SSSR count). The standard InChI is InChI=1S/C28H45N9O5S/c1-43-14-11-22(35-24(38)19(30)8-6-13-33-28(31)32)26(40)36-21(10-4-5-12-29)25(39)37-23(27(41)42)15-17-16-34-20-9-3-2-7-18(17)20/h2-3,7,9,16,19,21-23,34H,4-6,8,10-15,29-30H2,1H3,(H,35,38)(H,36,40)(H,37,39)(H,41,42)(H4,31,32,33). The van der Waals surface area contributed by atoms with Gasteiger partial charge in [0.15, 0.2) is 5.96 Å². The van der Waals surface area contributed by atoms with Crippen molar-refractivity contribution in [3.63, 3.8) is 0 Å². The van der Waals surface area contributed by atoms with Gasteiger partial charge in [-0.2, -0.15) is 11.8 Å². The molecule has 3 amide bonds. The van der Waals surface area contributed by atoms with Crippen LogP contribution >= 0.6 is 11.8 Å². The van der Waals surface area contributed by atoms with Crippen LogP contribution in [0.25, 0.3) is 10.9 Å². The number of unbranched alkanes of at least 4 members (excludes halogenated alkanes) is 1. The highest BCUT2D eigenvalue weighted by atomic mass is 32.2. The molecule has 0 saturated carbocycles. The molecule has 4 unspecified atom stereocenters. The summed E-state index contributed by atoms with van der Waals surface area (Å²) in [7, 11) is 0. The molecule has 0 radical (unpaired) electrons. The van der Waals surface area contributed by atoms with Crippen molar-refractivity contribution >= 4 is 52.3 Å². The van der Waals surface area contributed by atoms with Crippen LogP contribution in [0.15, 0.2) is 35.5 Å². The lowest BCUT2D eigenvalue weighted by molar-refractivity contribution is -0.142. The quantitative estimate of drug-likeness (QED) is 0.0522.